The van der Waals surface area contributed by atoms with Crippen LogP contribution in [-0.2, 0) is 14.4 Å². The molecular weight excluding hydrogens is 344 g/mol. The van der Waals surface area contributed by atoms with E-state index in [1.165, 1.54) is 4.90 Å². The van der Waals surface area contributed by atoms with Crippen LogP contribution >= 0.6 is 0 Å². The average Bonchev–Trinajstić information content (AvgIpc) is 2.72. The van der Waals surface area contributed by atoms with Crippen LogP contribution in [0.2, 0.25) is 0 Å². The van der Waals surface area contributed by atoms with Crippen molar-refractivity contribution >= 4 is 23.4 Å². The van der Waals surface area contributed by atoms with E-state index in [1.54, 1.807) is 17.0 Å². The SMILES string of the molecule is CCN(CC)C(=O)C1CCCN(C(=O)CN(C(=O)CN)c2ccccc2)C1. The highest BCUT2D eigenvalue weighted by Crippen LogP contribution is 2.20. The Morgan fingerprint density at radius 1 is 1.15 bits per heavy atom. The molecule has 0 aromatic heterocycles. The summed E-state index contributed by atoms with van der Waals surface area (Å²) < 4.78 is 0. The lowest BCUT2D eigenvalue weighted by Gasteiger charge is -2.35. The summed E-state index contributed by atoms with van der Waals surface area (Å²) in [7, 11) is 0. The van der Waals surface area contributed by atoms with Gasteiger partial charge in [-0.1, -0.05) is 18.2 Å². The van der Waals surface area contributed by atoms with Crippen molar-refractivity contribution in [3.8, 4) is 0 Å². The van der Waals surface area contributed by atoms with Gasteiger partial charge in [-0.25, -0.2) is 0 Å². The molecule has 2 N–H and O–H groups in total. The van der Waals surface area contributed by atoms with Gasteiger partial charge in [-0.05, 0) is 38.8 Å². The van der Waals surface area contributed by atoms with E-state index in [1.807, 2.05) is 36.9 Å². The molecule has 0 saturated carbocycles. The first-order valence-electron chi connectivity index (χ1n) is 9.63. The molecule has 1 aliphatic heterocycles. The van der Waals surface area contributed by atoms with Gasteiger partial charge >= 0.3 is 0 Å². The molecule has 1 aromatic carbocycles. The monoisotopic (exact) mass is 374 g/mol. The molecule has 0 radical (unpaired) electrons. The van der Waals surface area contributed by atoms with Crippen LogP contribution in [0.5, 0.6) is 0 Å². The van der Waals surface area contributed by atoms with Gasteiger partial charge in [-0.3, -0.25) is 14.4 Å². The third-order valence-corrected chi connectivity index (χ3v) is 5.04. The van der Waals surface area contributed by atoms with Gasteiger partial charge in [-0.2, -0.15) is 0 Å². The third kappa shape index (κ3) is 5.29. The number of nitrogens with two attached hydrogens (primary N) is 1. The number of para-hydroxylation sites is 1. The largest absolute Gasteiger partial charge is 0.343 e. The van der Waals surface area contributed by atoms with Crippen LogP contribution in [0.4, 0.5) is 5.69 Å². The molecule has 2 rings (SSSR count). The summed E-state index contributed by atoms with van der Waals surface area (Å²) in [5.41, 5.74) is 6.17. The first-order chi connectivity index (χ1) is 13.0. The number of carbonyl (C=O) groups excluding carboxylic acids is 3. The molecule has 1 fully saturated rings. The summed E-state index contributed by atoms with van der Waals surface area (Å²) in [6, 6.07) is 9.05. The number of anilines is 1. The van der Waals surface area contributed by atoms with E-state index in [2.05, 4.69) is 0 Å². The van der Waals surface area contributed by atoms with Crippen LogP contribution in [-0.4, -0.2) is 66.8 Å². The molecule has 3 amide bonds. The minimum absolute atomic E-state index is 0.0633. The normalized spacial score (nSPS) is 16.7. The summed E-state index contributed by atoms with van der Waals surface area (Å²) in [6.07, 6.45) is 1.59. The summed E-state index contributed by atoms with van der Waals surface area (Å²) in [6.45, 7) is 6.07. The number of carbonyl (C=O) groups is 3. The number of hydrogen-bond donors (Lipinski definition) is 1. The lowest BCUT2D eigenvalue weighted by molar-refractivity contribution is -0.140. The Balaban J connectivity index is 2.07. The number of piperidine rings is 1. The fraction of sp³-hybridized carbons (Fsp3) is 0.550. The molecule has 1 saturated heterocycles. The van der Waals surface area contributed by atoms with Gasteiger partial charge in [0.05, 0.1) is 12.5 Å². The summed E-state index contributed by atoms with van der Waals surface area (Å²) in [5.74, 6) is -0.520. The number of likely N-dealkylation sites (tertiary alicyclic amines) is 1. The van der Waals surface area contributed by atoms with Crippen molar-refractivity contribution in [1.29, 1.82) is 0 Å². The van der Waals surface area contributed by atoms with Gasteiger partial charge in [0, 0.05) is 31.9 Å². The molecule has 27 heavy (non-hydrogen) atoms. The first-order valence-corrected chi connectivity index (χ1v) is 9.63. The smallest absolute Gasteiger partial charge is 0.242 e. The van der Waals surface area contributed by atoms with Crippen molar-refractivity contribution in [1.82, 2.24) is 9.80 Å². The summed E-state index contributed by atoms with van der Waals surface area (Å²) in [4.78, 5) is 42.6. The van der Waals surface area contributed by atoms with Crippen LogP contribution in [0.3, 0.4) is 0 Å². The van der Waals surface area contributed by atoms with Gasteiger partial charge < -0.3 is 20.4 Å². The van der Waals surface area contributed by atoms with Crippen molar-refractivity contribution in [2.45, 2.75) is 26.7 Å². The summed E-state index contributed by atoms with van der Waals surface area (Å²) >= 11 is 0. The molecule has 7 nitrogen and oxygen atoms in total. The van der Waals surface area contributed by atoms with Gasteiger partial charge in [-0.15, -0.1) is 0 Å². The van der Waals surface area contributed by atoms with Crippen LogP contribution in [0.15, 0.2) is 30.3 Å². The zero-order valence-electron chi connectivity index (χ0n) is 16.3. The van der Waals surface area contributed by atoms with E-state index >= 15 is 0 Å². The standard InChI is InChI=1S/C20H30N4O3/c1-3-22(4-2)20(27)16-9-8-12-23(14-16)19(26)15-24(18(25)13-21)17-10-6-5-7-11-17/h5-7,10-11,16H,3-4,8-9,12-15,21H2,1-2H3. The zero-order chi connectivity index (χ0) is 19.8. The molecule has 0 bridgehead atoms. The molecular formula is C20H30N4O3. The Morgan fingerprint density at radius 2 is 1.81 bits per heavy atom. The van der Waals surface area contributed by atoms with E-state index in [4.69, 9.17) is 5.73 Å². The fourth-order valence-electron chi connectivity index (χ4n) is 3.48. The second-order valence-electron chi connectivity index (χ2n) is 6.71. The lowest BCUT2D eigenvalue weighted by atomic mass is 9.96. The molecule has 0 spiro atoms. The van der Waals surface area contributed by atoms with Crippen molar-refractivity contribution in [2.75, 3.05) is 44.2 Å². The van der Waals surface area contributed by atoms with Crippen LogP contribution in [0.1, 0.15) is 26.7 Å². The van der Waals surface area contributed by atoms with E-state index in [9.17, 15) is 14.4 Å². The second-order valence-corrected chi connectivity index (χ2v) is 6.71. The number of amides is 3. The maximum Gasteiger partial charge on any atom is 0.242 e. The minimum atomic E-state index is -0.303. The van der Waals surface area contributed by atoms with Crippen LogP contribution < -0.4 is 10.6 Å². The van der Waals surface area contributed by atoms with E-state index in [0.717, 1.165) is 12.8 Å². The number of hydrogen-bond acceptors (Lipinski definition) is 4. The minimum Gasteiger partial charge on any atom is -0.343 e. The van der Waals surface area contributed by atoms with Crippen molar-refractivity contribution in [3.05, 3.63) is 30.3 Å². The van der Waals surface area contributed by atoms with E-state index in [-0.39, 0.29) is 36.7 Å². The highest BCUT2D eigenvalue weighted by atomic mass is 16.2. The van der Waals surface area contributed by atoms with Gasteiger partial charge in [0.25, 0.3) is 0 Å². The Hall–Kier alpha value is -2.41. The lowest BCUT2D eigenvalue weighted by Crippen LogP contribution is -2.50. The number of rotatable bonds is 7. The second kappa shape index (κ2) is 10.1. The van der Waals surface area contributed by atoms with Gasteiger partial charge in [0.2, 0.25) is 17.7 Å². The Morgan fingerprint density at radius 3 is 2.41 bits per heavy atom. The Labute approximate surface area is 161 Å². The Bertz CT molecular complexity index is 646. The third-order valence-electron chi connectivity index (χ3n) is 5.04. The maximum atomic E-state index is 12.8. The van der Waals surface area contributed by atoms with E-state index in [0.29, 0.717) is 31.9 Å². The quantitative estimate of drug-likeness (QED) is 0.774. The molecule has 0 aliphatic carbocycles. The topological polar surface area (TPSA) is 87.0 Å². The number of benzene rings is 1. The van der Waals surface area contributed by atoms with Crippen molar-refractivity contribution in [3.63, 3.8) is 0 Å². The molecule has 1 aromatic rings. The molecule has 1 heterocycles. The summed E-state index contributed by atoms with van der Waals surface area (Å²) in [5, 5.41) is 0. The zero-order valence-corrected chi connectivity index (χ0v) is 16.3. The van der Waals surface area contributed by atoms with Gasteiger partial charge in [0.15, 0.2) is 0 Å². The average molecular weight is 374 g/mol. The Kier molecular flexibility index (Phi) is 7.79. The molecule has 148 valence electrons. The van der Waals surface area contributed by atoms with Crippen molar-refractivity contribution in [2.24, 2.45) is 11.7 Å². The predicted molar refractivity (Wildman–Crippen MR) is 105 cm³/mol. The fourth-order valence-corrected chi connectivity index (χ4v) is 3.48. The molecule has 1 aliphatic rings. The van der Waals surface area contributed by atoms with Crippen LogP contribution in [0.25, 0.3) is 0 Å². The van der Waals surface area contributed by atoms with E-state index < -0.39 is 0 Å². The molecule has 1 unspecified atom stereocenters. The first kappa shape index (κ1) is 20.9. The predicted octanol–water partition coefficient (Wildman–Crippen LogP) is 1.09. The highest BCUT2D eigenvalue weighted by molar-refractivity contribution is 5.99. The highest BCUT2D eigenvalue weighted by Gasteiger charge is 2.31. The van der Waals surface area contributed by atoms with Crippen molar-refractivity contribution < 1.29 is 14.4 Å². The number of nitrogens with zero attached hydrogens (tertiary/aromatic N) is 3. The maximum absolute atomic E-state index is 12.8. The van der Waals surface area contributed by atoms with Crippen LogP contribution in [0, 0.1) is 5.92 Å². The molecule has 1 atom stereocenters. The van der Waals surface area contributed by atoms with Gasteiger partial charge in [0.1, 0.15) is 6.54 Å². The molecule has 7 heteroatoms.